The molecule has 2 saturated heterocycles. The molecule has 0 spiro atoms. The van der Waals surface area contributed by atoms with Gasteiger partial charge < -0.3 is 14.2 Å². The van der Waals surface area contributed by atoms with E-state index >= 15 is 0 Å². The molecule has 0 N–H and O–H groups in total. The first kappa shape index (κ1) is 75.1. The smallest absolute Gasteiger partial charge is 0.154 e. The second-order valence-electron chi connectivity index (χ2n) is 24.8. The van der Waals surface area contributed by atoms with Crippen molar-refractivity contribution < 1.29 is 23.0 Å². The molecule has 5 aliphatic rings. The lowest BCUT2D eigenvalue weighted by Gasteiger charge is -2.24. The van der Waals surface area contributed by atoms with Crippen LogP contribution >= 0.6 is 0 Å². The number of benzene rings is 3. The van der Waals surface area contributed by atoms with Crippen molar-refractivity contribution in [3.8, 4) is 0 Å². The number of pyridine rings is 1. The highest BCUT2D eigenvalue weighted by Crippen LogP contribution is 2.27. The van der Waals surface area contributed by atoms with E-state index in [9.17, 15) is 8.78 Å². The van der Waals surface area contributed by atoms with Crippen molar-refractivity contribution in [2.75, 3.05) is 19.8 Å². The van der Waals surface area contributed by atoms with Gasteiger partial charge in [0.05, 0.1) is 19.3 Å². The van der Waals surface area contributed by atoms with Crippen LogP contribution in [0.4, 0.5) is 8.78 Å². The minimum Gasteiger partial charge on any atom is -0.378 e. The van der Waals surface area contributed by atoms with Crippen molar-refractivity contribution in [1.82, 2.24) is 15.0 Å². The van der Waals surface area contributed by atoms with Gasteiger partial charge in [-0.2, -0.15) is 0 Å². The van der Waals surface area contributed by atoms with Gasteiger partial charge in [-0.05, 0) is 229 Å². The fraction of sp³-hybridized carbons (Fsp3) is 0.581. The molecule has 4 unspecified atom stereocenters. The van der Waals surface area contributed by atoms with Crippen LogP contribution in [0.5, 0.6) is 0 Å². The van der Waals surface area contributed by atoms with E-state index in [4.69, 9.17) is 14.2 Å². The molecule has 3 aliphatic carbocycles. The number of hydrogen-bond acceptors (Lipinski definition) is 6. The molecule has 0 amide bonds. The highest BCUT2D eigenvalue weighted by Gasteiger charge is 2.15. The van der Waals surface area contributed by atoms with Crippen molar-refractivity contribution in [2.24, 2.45) is 35.5 Å². The van der Waals surface area contributed by atoms with Gasteiger partial charge in [0.2, 0.25) is 0 Å². The zero-order valence-electron chi connectivity index (χ0n) is 55.4. The maximum absolute atomic E-state index is 12.6. The predicted octanol–water partition coefficient (Wildman–Crippen LogP) is 21.2. The van der Waals surface area contributed by atoms with Crippen LogP contribution in [0, 0.1) is 116 Å². The molecule has 3 aromatic carbocycles. The predicted molar refractivity (Wildman–Crippen MR) is 348 cm³/mol. The van der Waals surface area contributed by atoms with E-state index in [0.29, 0.717) is 23.1 Å². The standard InChI is InChI=1S/2C8H9F.C8H16.2C8H14.C8H10.C7H9N.C7H14O.C6H8N2.C6H12O2/c2*1-6-3-4-7(2)8(9)5-6;4*1-7-3-5-8(2)6-4-7;2*1-6-3-4-7(2)8-5-6;2*1-5-3-7-6(2)8-4-5/h2*3-5H,1-2H3;7-8H,3-6H2,1-2H3;2*3,8H,4-6H2,1-2H3;3-6H,1-2H3;3-5H,1-2H3;6-7H,3-5H2,1-2H3;3-4H,1-2H3;5-6H,3-4H2,1-2H3. The summed E-state index contributed by atoms with van der Waals surface area (Å²) in [5.41, 5.74) is 12.6. The van der Waals surface area contributed by atoms with Gasteiger partial charge in [-0.25, -0.2) is 18.7 Å². The Balaban J connectivity index is 0.000000456. The Kier molecular flexibility index (Phi) is 40.0. The van der Waals surface area contributed by atoms with Crippen LogP contribution in [0.2, 0.25) is 0 Å². The van der Waals surface area contributed by atoms with Crippen molar-refractivity contribution in [2.45, 2.75) is 228 Å². The maximum atomic E-state index is 12.6. The van der Waals surface area contributed by atoms with Crippen LogP contribution in [-0.2, 0) is 14.2 Å². The van der Waals surface area contributed by atoms with E-state index in [1.807, 2.05) is 85.3 Å². The summed E-state index contributed by atoms with van der Waals surface area (Å²) in [6.07, 6.45) is 27.4. The van der Waals surface area contributed by atoms with Crippen molar-refractivity contribution in [1.29, 1.82) is 0 Å². The van der Waals surface area contributed by atoms with Crippen molar-refractivity contribution in [3.63, 3.8) is 0 Å². The van der Waals surface area contributed by atoms with Crippen molar-refractivity contribution >= 4 is 0 Å². The fourth-order valence-electron chi connectivity index (χ4n) is 8.36. The lowest BCUT2D eigenvalue weighted by Crippen LogP contribution is -2.27. The number of halogens is 2. The molecule has 0 bridgehead atoms. The molecule has 4 heterocycles. The second kappa shape index (κ2) is 43.7. The summed E-state index contributed by atoms with van der Waals surface area (Å²) >= 11 is 0. The lowest BCUT2D eigenvalue weighted by molar-refractivity contribution is -0.187. The van der Waals surface area contributed by atoms with E-state index in [2.05, 4.69) is 134 Å². The Morgan fingerprint density at radius 2 is 0.744 bits per heavy atom. The third kappa shape index (κ3) is 40.4. The third-order valence-corrected chi connectivity index (χ3v) is 14.9. The average Bonchev–Trinajstić information content (AvgIpc) is 3.45. The Hall–Kier alpha value is -4.89. The van der Waals surface area contributed by atoms with E-state index < -0.39 is 0 Å². The molecule has 82 heavy (non-hydrogen) atoms. The van der Waals surface area contributed by atoms with Crippen LogP contribution in [-0.4, -0.2) is 47.2 Å². The van der Waals surface area contributed by atoms with Gasteiger partial charge in [-0.3, -0.25) is 4.98 Å². The van der Waals surface area contributed by atoms with Crippen LogP contribution in [0.3, 0.4) is 0 Å². The SMILES string of the molecule is CC1=CCC(C)CC1.CC1=CCC(C)CC1.CC1CCC(C)CC1.CC1CCC(C)OC1.CC1COC(C)OC1.Cc1ccc(C)c(F)c1.Cc1ccc(C)c(F)c1.Cc1ccc(C)cc1.Cc1ccc(C)nc1.Cc1cnc(C)nc1. The van der Waals surface area contributed by atoms with Gasteiger partial charge in [0.25, 0.3) is 0 Å². The summed E-state index contributed by atoms with van der Waals surface area (Å²) in [5, 5.41) is 0. The molecule has 6 nitrogen and oxygen atoms in total. The topological polar surface area (TPSA) is 66.4 Å². The number of hydrogen-bond donors (Lipinski definition) is 0. The fourth-order valence-corrected chi connectivity index (χ4v) is 8.36. The molecule has 4 atom stereocenters. The van der Waals surface area contributed by atoms with Gasteiger partial charge in [0.1, 0.15) is 17.5 Å². The Morgan fingerprint density at radius 1 is 0.366 bits per heavy atom. The molecule has 3 fully saturated rings. The lowest BCUT2D eigenvalue weighted by atomic mass is 9.84. The Bertz CT molecular complexity index is 2120. The summed E-state index contributed by atoms with van der Waals surface area (Å²) in [7, 11) is 0. The van der Waals surface area contributed by atoms with Gasteiger partial charge in [0, 0.05) is 36.8 Å². The van der Waals surface area contributed by atoms with Crippen LogP contribution in [0.15, 0.2) is 115 Å². The number of aromatic nitrogens is 3. The summed E-state index contributed by atoms with van der Waals surface area (Å²) in [6.45, 7) is 44.3. The van der Waals surface area contributed by atoms with Gasteiger partial charge in [0.15, 0.2) is 6.29 Å². The zero-order chi connectivity index (χ0) is 61.6. The second-order valence-corrected chi connectivity index (χ2v) is 24.8. The molecule has 10 rings (SSSR count). The van der Waals surface area contributed by atoms with E-state index in [0.717, 1.165) is 77.6 Å². The van der Waals surface area contributed by atoms with Crippen molar-refractivity contribution in [3.05, 3.63) is 182 Å². The molecule has 1 saturated carbocycles. The molecule has 8 heteroatoms. The molecular weight excluding hydrogens is 1020 g/mol. The van der Waals surface area contributed by atoms with Gasteiger partial charge in [-0.15, -0.1) is 0 Å². The monoisotopic (exact) mass is 1130 g/mol. The molecule has 458 valence electrons. The van der Waals surface area contributed by atoms with E-state index in [1.165, 1.54) is 106 Å². The first-order chi connectivity index (χ1) is 38.7. The summed E-state index contributed by atoms with van der Waals surface area (Å²) in [4.78, 5) is 12.0. The van der Waals surface area contributed by atoms with Gasteiger partial charge >= 0.3 is 0 Å². The number of aryl methyl sites for hydroxylation is 10. The average molecular weight is 1130 g/mol. The molecule has 5 aromatic rings. The molecule has 2 aromatic heterocycles. The summed E-state index contributed by atoms with van der Waals surface area (Å²) in [5.74, 6) is 5.90. The zero-order valence-corrected chi connectivity index (χ0v) is 55.4. The highest BCUT2D eigenvalue weighted by molar-refractivity contribution is 5.23. The first-order valence-corrected chi connectivity index (χ1v) is 31.0. The molecular formula is C74H115F2N3O3. The largest absolute Gasteiger partial charge is 0.378 e. The summed E-state index contributed by atoms with van der Waals surface area (Å²) < 4.78 is 40.9. The number of ether oxygens (including phenoxy) is 3. The van der Waals surface area contributed by atoms with Crippen LogP contribution < -0.4 is 0 Å². The highest BCUT2D eigenvalue weighted by atomic mass is 19.1. The number of rotatable bonds is 0. The first-order valence-electron chi connectivity index (χ1n) is 31.0. The minimum absolute atomic E-state index is 0.0196. The van der Waals surface area contributed by atoms with Gasteiger partial charge in [-0.1, -0.05) is 156 Å². The molecule has 0 radical (unpaired) electrons. The summed E-state index contributed by atoms with van der Waals surface area (Å²) in [6, 6.07) is 23.0. The number of allylic oxidation sites excluding steroid dienone is 4. The Morgan fingerprint density at radius 3 is 1.02 bits per heavy atom. The maximum Gasteiger partial charge on any atom is 0.154 e. The minimum atomic E-state index is -0.116. The van der Waals surface area contributed by atoms with E-state index in [1.54, 1.807) is 37.1 Å². The Labute approximate surface area is 501 Å². The van der Waals surface area contributed by atoms with Crippen LogP contribution in [0.1, 0.15) is 202 Å². The van der Waals surface area contributed by atoms with Crippen LogP contribution in [0.25, 0.3) is 0 Å². The normalized spacial score (nSPS) is 22.3. The van der Waals surface area contributed by atoms with E-state index in [-0.39, 0.29) is 17.9 Å². The molecule has 2 aliphatic heterocycles. The quantitative estimate of drug-likeness (QED) is 0.144. The number of nitrogens with zero attached hydrogens (tertiary/aromatic N) is 3. The third-order valence-electron chi connectivity index (χ3n) is 14.9.